The number of thioether (sulfide) groups is 1. The van der Waals surface area contributed by atoms with Crippen LogP contribution in [0.2, 0.25) is 5.02 Å². The van der Waals surface area contributed by atoms with Gasteiger partial charge in [-0.2, -0.15) is 8.78 Å². The maximum atomic E-state index is 12.5. The van der Waals surface area contributed by atoms with Gasteiger partial charge in [-0.05, 0) is 19.1 Å². The maximum Gasteiger partial charge on any atom is 0.321 e. The summed E-state index contributed by atoms with van der Waals surface area (Å²) in [5, 5.41) is 11.5. The van der Waals surface area contributed by atoms with Crippen molar-refractivity contribution in [3.63, 3.8) is 0 Å². The van der Waals surface area contributed by atoms with E-state index in [1.807, 2.05) is 0 Å². The van der Waals surface area contributed by atoms with Crippen LogP contribution in [0.25, 0.3) is 0 Å². The van der Waals surface area contributed by atoms with Crippen molar-refractivity contribution in [2.45, 2.75) is 17.6 Å². The van der Waals surface area contributed by atoms with E-state index in [4.69, 9.17) is 16.7 Å². The lowest BCUT2D eigenvalue weighted by molar-refractivity contribution is 0.192. The minimum atomic E-state index is -2.63. The number of urea groups is 1. The van der Waals surface area contributed by atoms with Gasteiger partial charge in [0.15, 0.2) is 0 Å². The number of alkyl halides is 2. The number of anilines is 1. The zero-order valence-electron chi connectivity index (χ0n) is 10.8. The molecule has 0 saturated heterocycles. The zero-order chi connectivity index (χ0) is 15.1. The second kappa shape index (κ2) is 8.28. The van der Waals surface area contributed by atoms with E-state index in [2.05, 4.69) is 5.32 Å². The molecular weight excluding hydrogens is 310 g/mol. The summed E-state index contributed by atoms with van der Waals surface area (Å²) in [7, 11) is 0. The molecule has 0 bridgehead atoms. The van der Waals surface area contributed by atoms with Gasteiger partial charge in [-0.25, -0.2) is 4.79 Å². The maximum absolute atomic E-state index is 12.5. The molecular formula is C12H15ClF2N2O2S. The van der Waals surface area contributed by atoms with E-state index in [-0.39, 0.29) is 40.5 Å². The first kappa shape index (κ1) is 17.0. The molecule has 4 nitrogen and oxygen atoms in total. The van der Waals surface area contributed by atoms with Crippen LogP contribution in [0.15, 0.2) is 23.1 Å². The Morgan fingerprint density at radius 3 is 2.80 bits per heavy atom. The number of carbonyl (C=O) groups is 1. The number of carbonyl (C=O) groups excluding carboxylic acids is 1. The summed E-state index contributed by atoms with van der Waals surface area (Å²) in [5.74, 6) is -2.63. The smallest absolute Gasteiger partial charge is 0.321 e. The van der Waals surface area contributed by atoms with Crippen LogP contribution in [0.5, 0.6) is 0 Å². The van der Waals surface area contributed by atoms with Crippen LogP contribution in [0.4, 0.5) is 19.3 Å². The van der Waals surface area contributed by atoms with E-state index in [0.717, 1.165) is 0 Å². The minimum absolute atomic E-state index is 0.123. The Hall–Kier alpha value is -1.05. The van der Waals surface area contributed by atoms with Gasteiger partial charge < -0.3 is 15.3 Å². The van der Waals surface area contributed by atoms with Gasteiger partial charge in [-0.1, -0.05) is 29.4 Å². The highest BCUT2D eigenvalue weighted by Crippen LogP contribution is 2.37. The molecule has 112 valence electrons. The summed E-state index contributed by atoms with van der Waals surface area (Å²) in [5.41, 5.74) is 0.226. The number of benzene rings is 1. The third-order valence-corrected chi connectivity index (χ3v) is 3.74. The van der Waals surface area contributed by atoms with Gasteiger partial charge in [0.05, 0.1) is 22.2 Å². The van der Waals surface area contributed by atoms with E-state index < -0.39 is 11.8 Å². The Balaban J connectivity index is 2.91. The number of amides is 2. The fourth-order valence-electron chi connectivity index (χ4n) is 1.53. The molecule has 0 aliphatic rings. The first-order chi connectivity index (χ1) is 9.49. The fourth-order valence-corrected chi connectivity index (χ4v) is 2.45. The molecule has 0 saturated carbocycles. The summed E-state index contributed by atoms with van der Waals surface area (Å²) in [6.07, 6.45) is 0. The van der Waals surface area contributed by atoms with Gasteiger partial charge in [-0.3, -0.25) is 0 Å². The van der Waals surface area contributed by atoms with Gasteiger partial charge >= 0.3 is 6.03 Å². The summed E-state index contributed by atoms with van der Waals surface area (Å²) in [6, 6.07) is 4.07. The Kier molecular flexibility index (Phi) is 7.04. The van der Waals surface area contributed by atoms with E-state index in [1.165, 1.54) is 17.0 Å². The molecule has 0 atom stereocenters. The highest BCUT2D eigenvalue weighted by atomic mass is 35.5. The van der Waals surface area contributed by atoms with Crippen molar-refractivity contribution in [3.8, 4) is 0 Å². The normalized spacial score (nSPS) is 10.7. The first-order valence-electron chi connectivity index (χ1n) is 5.89. The fraction of sp³-hybridized carbons (Fsp3) is 0.417. The Morgan fingerprint density at radius 1 is 1.55 bits per heavy atom. The number of nitrogens with one attached hydrogen (secondary N) is 1. The molecule has 0 unspecified atom stereocenters. The summed E-state index contributed by atoms with van der Waals surface area (Å²) >= 11 is 6.15. The lowest BCUT2D eigenvalue weighted by atomic mass is 10.3. The number of rotatable bonds is 6. The predicted octanol–water partition coefficient (Wildman–Crippen LogP) is 3.50. The molecule has 0 aromatic heterocycles. The summed E-state index contributed by atoms with van der Waals surface area (Å²) in [6.45, 7) is 2.14. The van der Waals surface area contributed by atoms with Crippen molar-refractivity contribution in [2.75, 3.05) is 25.0 Å². The van der Waals surface area contributed by atoms with Crippen molar-refractivity contribution in [2.24, 2.45) is 0 Å². The van der Waals surface area contributed by atoms with E-state index in [9.17, 15) is 13.6 Å². The van der Waals surface area contributed by atoms with Crippen molar-refractivity contribution >= 4 is 35.1 Å². The molecule has 2 amide bonds. The number of nitrogens with zero attached hydrogens (tertiary/aromatic N) is 1. The lowest BCUT2D eigenvalue weighted by Gasteiger charge is -2.21. The van der Waals surface area contributed by atoms with Crippen LogP contribution in [0, 0.1) is 0 Å². The van der Waals surface area contributed by atoms with Crippen LogP contribution in [0.1, 0.15) is 6.92 Å². The van der Waals surface area contributed by atoms with Crippen LogP contribution in [0.3, 0.4) is 0 Å². The average Bonchev–Trinajstić information content (AvgIpc) is 2.39. The van der Waals surface area contributed by atoms with Crippen molar-refractivity contribution < 1.29 is 18.7 Å². The number of hydrogen-bond donors (Lipinski definition) is 2. The van der Waals surface area contributed by atoms with E-state index in [0.29, 0.717) is 6.54 Å². The summed E-state index contributed by atoms with van der Waals surface area (Å²) in [4.78, 5) is 13.4. The number of likely N-dealkylation sites (N-methyl/N-ethyl adjacent to an activating group) is 1. The van der Waals surface area contributed by atoms with Crippen molar-refractivity contribution in [1.29, 1.82) is 0 Å². The molecule has 0 aliphatic heterocycles. The number of halogens is 3. The molecule has 2 N–H and O–H groups in total. The van der Waals surface area contributed by atoms with Gasteiger partial charge in [0.25, 0.3) is 5.76 Å². The average molecular weight is 325 g/mol. The molecule has 8 heteroatoms. The Morgan fingerprint density at radius 2 is 2.25 bits per heavy atom. The van der Waals surface area contributed by atoms with Gasteiger partial charge in [0, 0.05) is 13.1 Å². The molecule has 1 aromatic carbocycles. The Labute approximate surface area is 125 Å². The quantitative estimate of drug-likeness (QED) is 0.787. The third kappa shape index (κ3) is 4.81. The van der Waals surface area contributed by atoms with Crippen LogP contribution in [-0.4, -0.2) is 41.5 Å². The lowest BCUT2D eigenvalue weighted by Crippen LogP contribution is -2.36. The molecule has 0 radical (unpaired) electrons. The summed E-state index contributed by atoms with van der Waals surface area (Å²) < 4.78 is 25.0. The predicted molar refractivity (Wildman–Crippen MR) is 76.7 cm³/mol. The largest absolute Gasteiger partial charge is 0.395 e. The highest BCUT2D eigenvalue weighted by molar-refractivity contribution is 7.99. The van der Waals surface area contributed by atoms with Gasteiger partial charge in [0.2, 0.25) is 0 Å². The second-order valence-electron chi connectivity index (χ2n) is 3.73. The minimum Gasteiger partial charge on any atom is -0.395 e. The van der Waals surface area contributed by atoms with E-state index in [1.54, 1.807) is 13.0 Å². The van der Waals surface area contributed by atoms with Crippen LogP contribution in [-0.2, 0) is 0 Å². The molecule has 20 heavy (non-hydrogen) atoms. The first-order valence-corrected chi connectivity index (χ1v) is 7.15. The number of hydrogen-bond acceptors (Lipinski definition) is 3. The molecule has 0 spiro atoms. The molecule has 0 aliphatic carbocycles. The van der Waals surface area contributed by atoms with Gasteiger partial charge in [-0.15, -0.1) is 0 Å². The third-order valence-electron chi connectivity index (χ3n) is 2.45. The number of aliphatic hydroxyl groups is 1. The van der Waals surface area contributed by atoms with Crippen molar-refractivity contribution in [1.82, 2.24) is 4.90 Å². The van der Waals surface area contributed by atoms with Crippen LogP contribution < -0.4 is 5.32 Å². The topological polar surface area (TPSA) is 52.6 Å². The van der Waals surface area contributed by atoms with E-state index >= 15 is 0 Å². The monoisotopic (exact) mass is 324 g/mol. The molecule has 0 fully saturated rings. The van der Waals surface area contributed by atoms with Crippen LogP contribution >= 0.6 is 23.4 Å². The standard InChI is InChI=1S/C12H15ClF2N2O2S/c1-2-17(6-7-18)12(19)16-9-5-3-4-8(13)10(9)20-11(14)15/h3-5,11,18H,2,6-7H2,1H3,(H,16,19). The number of aliphatic hydroxyl groups excluding tert-OH is 1. The van der Waals surface area contributed by atoms with Gasteiger partial charge in [0.1, 0.15) is 0 Å². The second-order valence-corrected chi connectivity index (χ2v) is 5.14. The molecule has 1 rings (SSSR count). The highest BCUT2D eigenvalue weighted by Gasteiger charge is 2.17. The Bertz CT molecular complexity index is 463. The zero-order valence-corrected chi connectivity index (χ0v) is 12.3. The molecule has 1 aromatic rings. The van der Waals surface area contributed by atoms with Crippen molar-refractivity contribution in [3.05, 3.63) is 23.2 Å². The molecule has 0 heterocycles. The SMILES string of the molecule is CCN(CCO)C(=O)Nc1cccc(Cl)c1SC(F)F.